The first-order valence-corrected chi connectivity index (χ1v) is 10.8. The van der Waals surface area contributed by atoms with E-state index in [-0.39, 0.29) is 11.8 Å². The molecule has 1 amide bonds. The molecule has 1 aromatic carbocycles. The molecule has 1 aliphatic rings. The number of amides is 1. The number of aryl methyl sites for hydroxylation is 1. The van der Waals surface area contributed by atoms with Crippen molar-refractivity contribution in [3.05, 3.63) is 52.1 Å². The van der Waals surface area contributed by atoms with Gasteiger partial charge in [0.05, 0.1) is 11.3 Å². The van der Waals surface area contributed by atoms with E-state index in [1.807, 2.05) is 24.3 Å². The van der Waals surface area contributed by atoms with Gasteiger partial charge in [-0.2, -0.15) is 0 Å². The first-order chi connectivity index (χ1) is 13.6. The molecule has 2 aromatic heterocycles. The summed E-state index contributed by atoms with van der Waals surface area (Å²) in [5.74, 6) is 1.00. The second-order valence-corrected chi connectivity index (χ2v) is 8.67. The minimum Gasteiger partial charge on any atom is -0.355 e. The van der Waals surface area contributed by atoms with Crippen LogP contribution in [0.25, 0.3) is 10.2 Å². The van der Waals surface area contributed by atoms with Gasteiger partial charge < -0.3 is 10.2 Å². The molecule has 0 spiro atoms. The van der Waals surface area contributed by atoms with E-state index in [0.29, 0.717) is 18.1 Å². The van der Waals surface area contributed by atoms with E-state index in [2.05, 4.69) is 33.2 Å². The molecule has 3 aromatic rings. The maximum absolute atomic E-state index is 12.7. The zero-order valence-electron chi connectivity index (χ0n) is 15.8. The number of hydrogen-bond acceptors (Lipinski definition) is 5. The van der Waals surface area contributed by atoms with Gasteiger partial charge in [-0.15, -0.1) is 11.3 Å². The summed E-state index contributed by atoms with van der Waals surface area (Å²) >= 11 is 7.75. The summed E-state index contributed by atoms with van der Waals surface area (Å²) in [5.41, 5.74) is 1.01. The molecule has 28 heavy (non-hydrogen) atoms. The van der Waals surface area contributed by atoms with E-state index in [0.717, 1.165) is 47.4 Å². The van der Waals surface area contributed by atoms with Gasteiger partial charge in [0.25, 0.3) is 0 Å². The number of piperidine rings is 1. The molecule has 5 nitrogen and oxygen atoms in total. The Kier molecular flexibility index (Phi) is 5.78. The molecule has 1 atom stereocenters. The van der Waals surface area contributed by atoms with Crippen LogP contribution < -0.4 is 10.2 Å². The first kappa shape index (κ1) is 19.2. The van der Waals surface area contributed by atoms with Crippen LogP contribution in [0.3, 0.4) is 0 Å². The molecule has 0 aliphatic carbocycles. The van der Waals surface area contributed by atoms with Crippen molar-refractivity contribution in [1.82, 2.24) is 15.3 Å². The van der Waals surface area contributed by atoms with E-state index in [4.69, 9.17) is 11.6 Å². The largest absolute Gasteiger partial charge is 0.355 e. The van der Waals surface area contributed by atoms with Crippen LogP contribution in [0.15, 0.2) is 36.7 Å². The van der Waals surface area contributed by atoms with Crippen molar-refractivity contribution in [2.75, 3.05) is 18.0 Å². The third kappa shape index (κ3) is 4.13. The standard InChI is InChI=1S/C21H23ClN4OS/c1-2-17-10-18-19(24-13-25-21(18)28-17)26-8-4-6-15(12-26)20(27)23-11-14-5-3-7-16(22)9-14/h3,5,7,9-10,13,15H,2,4,6,8,11-12H2,1H3,(H,23,27)/t15-/m0/s1. The number of nitrogens with one attached hydrogen (secondary N) is 1. The maximum Gasteiger partial charge on any atom is 0.225 e. The number of rotatable bonds is 5. The Morgan fingerprint density at radius 1 is 1.36 bits per heavy atom. The van der Waals surface area contributed by atoms with Gasteiger partial charge in [0.15, 0.2) is 0 Å². The fraction of sp³-hybridized carbons (Fsp3) is 0.381. The van der Waals surface area contributed by atoms with Crippen molar-refractivity contribution in [2.24, 2.45) is 5.92 Å². The van der Waals surface area contributed by atoms with Crippen LogP contribution >= 0.6 is 22.9 Å². The van der Waals surface area contributed by atoms with Crippen molar-refractivity contribution < 1.29 is 4.79 Å². The minimum atomic E-state index is -0.0396. The Morgan fingerprint density at radius 2 is 2.25 bits per heavy atom. The predicted octanol–water partition coefficient (Wildman–Crippen LogP) is 4.44. The molecule has 0 unspecified atom stereocenters. The zero-order valence-corrected chi connectivity index (χ0v) is 17.4. The Hall–Kier alpha value is -2.18. The Balaban J connectivity index is 1.45. The molecule has 1 N–H and O–H groups in total. The van der Waals surface area contributed by atoms with E-state index in [1.165, 1.54) is 4.88 Å². The average Bonchev–Trinajstić information content (AvgIpc) is 3.15. The van der Waals surface area contributed by atoms with E-state index in [9.17, 15) is 4.79 Å². The highest BCUT2D eigenvalue weighted by atomic mass is 35.5. The number of anilines is 1. The number of carbonyl (C=O) groups is 1. The molecule has 0 saturated carbocycles. The van der Waals surface area contributed by atoms with Crippen molar-refractivity contribution in [2.45, 2.75) is 32.7 Å². The van der Waals surface area contributed by atoms with Crippen LogP contribution in [-0.2, 0) is 17.8 Å². The monoisotopic (exact) mass is 414 g/mol. The van der Waals surface area contributed by atoms with Crippen LogP contribution in [0.5, 0.6) is 0 Å². The second kappa shape index (κ2) is 8.45. The number of thiophene rings is 1. The summed E-state index contributed by atoms with van der Waals surface area (Å²) in [6, 6.07) is 9.78. The zero-order chi connectivity index (χ0) is 19.5. The van der Waals surface area contributed by atoms with Gasteiger partial charge in [-0.05, 0) is 43.0 Å². The Labute approximate surface area is 173 Å². The molecular weight excluding hydrogens is 392 g/mol. The summed E-state index contributed by atoms with van der Waals surface area (Å²) in [7, 11) is 0. The molecular formula is C21H23ClN4OS. The lowest BCUT2D eigenvalue weighted by Gasteiger charge is -2.33. The van der Waals surface area contributed by atoms with Gasteiger partial charge >= 0.3 is 0 Å². The molecule has 7 heteroatoms. The van der Waals surface area contributed by atoms with Gasteiger partial charge in [-0.3, -0.25) is 4.79 Å². The van der Waals surface area contributed by atoms with Gasteiger partial charge in [0.2, 0.25) is 5.91 Å². The van der Waals surface area contributed by atoms with E-state index >= 15 is 0 Å². The summed E-state index contributed by atoms with van der Waals surface area (Å²) in [5, 5.41) is 4.85. The predicted molar refractivity (Wildman–Crippen MR) is 115 cm³/mol. The molecule has 1 saturated heterocycles. The molecule has 3 heterocycles. The van der Waals surface area contributed by atoms with Crippen LogP contribution in [0.2, 0.25) is 5.02 Å². The highest BCUT2D eigenvalue weighted by Crippen LogP contribution is 2.32. The molecule has 1 aliphatic heterocycles. The smallest absolute Gasteiger partial charge is 0.225 e. The van der Waals surface area contributed by atoms with E-state index < -0.39 is 0 Å². The van der Waals surface area contributed by atoms with E-state index in [1.54, 1.807) is 17.7 Å². The third-order valence-corrected chi connectivity index (χ3v) is 6.58. The lowest BCUT2D eigenvalue weighted by atomic mass is 9.97. The molecule has 1 fully saturated rings. The summed E-state index contributed by atoms with van der Waals surface area (Å²) in [6.07, 6.45) is 4.51. The number of carbonyl (C=O) groups excluding carboxylic acids is 1. The number of fused-ring (bicyclic) bond motifs is 1. The Bertz CT molecular complexity index is 989. The second-order valence-electron chi connectivity index (χ2n) is 7.12. The lowest BCUT2D eigenvalue weighted by Crippen LogP contribution is -2.43. The molecule has 146 valence electrons. The normalized spacial score (nSPS) is 17.1. The fourth-order valence-corrected chi connectivity index (χ4v) is 4.83. The summed E-state index contributed by atoms with van der Waals surface area (Å²) in [6.45, 7) is 4.25. The van der Waals surface area contributed by atoms with Crippen LogP contribution in [0, 0.1) is 5.92 Å². The number of halogens is 1. The highest BCUT2D eigenvalue weighted by molar-refractivity contribution is 7.18. The minimum absolute atomic E-state index is 0.0396. The molecule has 0 radical (unpaired) electrons. The average molecular weight is 415 g/mol. The quantitative estimate of drug-likeness (QED) is 0.670. The fourth-order valence-electron chi connectivity index (χ4n) is 3.68. The van der Waals surface area contributed by atoms with Crippen molar-refractivity contribution >= 4 is 44.9 Å². The molecule has 0 bridgehead atoms. The van der Waals surface area contributed by atoms with Crippen LogP contribution in [0.1, 0.15) is 30.2 Å². The lowest BCUT2D eigenvalue weighted by molar-refractivity contribution is -0.125. The SMILES string of the molecule is CCc1cc2c(N3CCC[C@H](C(=O)NCc4cccc(Cl)c4)C3)ncnc2s1. The van der Waals surface area contributed by atoms with Gasteiger partial charge in [0.1, 0.15) is 17.0 Å². The number of nitrogens with zero attached hydrogens (tertiary/aromatic N) is 3. The summed E-state index contributed by atoms with van der Waals surface area (Å²) in [4.78, 5) is 26.3. The van der Waals surface area contributed by atoms with Crippen molar-refractivity contribution in [1.29, 1.82) is 0 Å². The van der Waals surface area contributed by atoms with Crippen LogP contribution in [0.4, 0.5) is 5.82 Å². The number of benzene rings is 1. The number of hydrogen-bond donors (Lipinski definition) is 1. The van der Waals surface area contributed by atoms with Gasteiger partial charge in [-0.25, -0.2) is 9.97 Å². The third-order valence-electron chi connectivity index (χ3n) is 5.16. The topological polar surface area (TPSA) is 58.1 Å². The summed E-state index contributed by atoms with van der Waals surface area (Å²) < 4.78 is 0. The van der Waals surface area contributed by atoms with Crippen molar-refractivity contribution in [3.63, 3.8) is 0 Å². The van der Waals surface area contributed by atoms with Gasteiger partial charge in [0, 0.05) is 29.5 Å². The van der Waals surface area contributed by atoms with Crippen molar-refractivity contribution in [3.8, 4) is 0 Å². The van der Waals surface area contributed by atoms with Crippen LogP contribution in [-0.4, -0.2) is 29.0 Å². The molecule has 4 rings (SSSR count). The van der Waals surface area contributed by atoms with Gasteiger partial charge in [-0.1, -0.05) is 30.7 Å². The first-order valence-electron chi connectivity index (χ1n) is 9.64. The Morgan fingerprint density at radius 3 is 3.07 bits per heavy atom. The maximum atomic E-state index is 12.7. The highest BCUT2D eigenvalue weighted by Gasteiger charge is 2.27. The number of aromatic nitrogens is 2.